The molecule has 2 atom stereocenters. The molecule has 0 fully saturated rings. The van der Waals surface area contributed by atoms with Crippen molar-refractivity contribution in [1.82, 2.24) is 0 Å². The Morgan fingerprint density at radius 2 is 2.09 bits per heavy atom. The highest BCUT2D eigenvalue weighted by Gasteiger charge is 2.05. The molecular formula is C6H16N2O3. The van der Waals surface area contributed by atoms with Gasteiger partial charge in [0.25, 0.3) is 0 Å². The molecule has 5 N–H and O–H groups in total. The lowest BCUT2D eigenvalue weighted by molar-refractivity contribution is -0.0380. The van der Waals surface area contributed by atoms with E-state index in [1.807, 2.05) is 6.92 Å². The van der Waals surface area contributed by atoms with E-state index in [0.29, 0.717) is 6.54 Å². The maximum Gasteiger partial charge on any atom is 0.103 e. The van der Waals surface area contributed by atoms with Gasteiger partial charge in [0, 0.05) is 6.54 Å². The molecule has 2 unspecified atom stereocenters. The number of aliphatic hydroxyl groups excluding tert-OH is 1. The van der Waals surface area contributed by atoms with Crippen molar-refractivity contribution in [3.05, 3.63) is 0 Å². The first kappa shape index (κ1) is 10.8. The van der Waals surface area contributed by atoms with Gasteiger partial charge in [0.15, 0.2) is 0 Å². The summed E-state index contributed by atoms with van der Waals surface area (Å²) in [6.07, 6.45) is -0.712. The predicted molar refractivity (Wildman–Crippen MR) is 40.6 cm³/mol. The summed E-state index contributed by atoms with van der Waals surface area (Å²) in [6, 6.07) is 0. The normalized spacial score (nSPS) is 16.4. The fraction of sp³-hybridized carbons (Fsp3) is 1.00. The lowest BCUT2D eigenvalue weighted by Gasteiger charge is -2.13. The van der Waals surface area contributed by atoms with E-state index in [-0.39, 0.29) is 19.3 Å². The molecule has 11 heavy (non-hydrogen) atoms. The van der Waals surface area contributed by atoms with Crippen LogP contribution in [-0.4, -0.2) is 37.1 Å². The van der Waals surface area contributed by atoms with Gasteiger partial charge in [-0.25, -0.2) is 5.90 Å². The summed E-state index contributed by atoms with van der Waals surface area (Å²) in [5.41, 5.74) is 5.27. The monoisotopic (exact) mass is 164 g/mol. The molecular weight excluding hydrogens is 148 g/mol. The van der Waals surface area contributed by atoms with Gasteiger partial charge in [-0.05, 0) is 6.92 Å². The fourth-order valence-electron chi connectivity index (χ4n) is 0.503. The molecule has 0 heterocycles. The topological polar surface area (TPSA) is 90.7 Å². The van der Waals surface area contributed by atoms with Crippen LogP contribution < -0.4 is 11.6 Å². The second-order valence-corrected chi connectivity index (χ2v) is 2.37. The van der Waals surface area contributed by atoms with Gasteiger partial charge in [0.2, 0.25) is 0 Å². The predicted octanol–water partition coefficient (Wildman–Crippen LogP) is -1.40. The largest absolute Gasteiger partial charge is 0.388 e. The summed E-state index contributed by atoms with van der Waals surface area (Å²) >= 11 is 0. The highest BCUT2D eigenvalue weighted by molar-refractivity contribution is 4.54. The van der Waals surface area contributed by atoms with Crippen molar-refractivity contribution in [1.29, 1.82) is 0 Å². The first-order chi connectivity index (χ1) is 5.20. The minimum Gasteiger partial charge on any atom is -0.388 e. The van der Waals surface area contributed by atoms with E-state index in [2.05, 4.69) is 4.84 Å². The average Bonchev–Trinajstić information content (AvgIpc) is 2.01. The zero-order valence-electron chi connectivity index (χ0n) is 6.69. The van der Waals surface area contributed by atoms with Crippen LogP contribution in [0.3, 0.4) is 0 Å². The summed E-state index contributed by atoms with van der Waals surface area (Å²) in [5.74, 6) is 4.73. The van der Waals surface area contributed by atoms with Gasteiger partial charge in [-0.2, -0.15) is 0 Å². The SMILES string of the molecule is CC(CN)OCC(O)CON. The zero-order valence-corrected chi connectivity index (χ0v) is 6.69. The molecule has 0 aliphatic heterocycles. The number of nitrogens with two attached hydrogens (primary N) is 2. The molecule has 0 radical (unpaired) electrons. The summed E-state index contributed by atoms with van der Waals surface area (Å²) in [6.45, 7) is 2.55. The number of hydrogen-bond acceptors (Lipinski definition) is 5. The maximum atomic E-state index is 9.02. The van der Waals surface area contributed by atoms with Gasteiger partial charge >= 0.3 is 0 Å². The molecule has 0 amide bonds. The van der Waals surface area contributed by atoms with E-state index >= 15 is 0 Å². The number of rotatable bonds is 6. The smallest absolute Gasteiger partial charge is 0.103 e. The lowest BCUT2D eigenvalue weighted by Crippen LogP contribution is -2.28. The highest BCUT2D eigenvalue weighted by atomic mass is 16.6. The van der Waals surface area contributed by atoms with Crippen LogP contribution in [0.25, 0.3) is 0 Å². The van der Waals surface area contributed by atoms with Crippen LogP contribution in [-0.2, 0) is 9.57 Å². The van der Waals surface area contributed by atoms with Crippen LogP contribution in [0.4, 0.5) is 0 Å². The van der Waals surface area contributed by atoms with Gasteiger partial charge in [-0.15, -0.1) is 0 Å². The van der Waals surface area contributed by atoms with E-state index in [1.165, 1.54) is 0 Å². The number of ether oxygens (including phenoxy) is 1. The third-order valence-electron chi connectivity index (χ3n) is 1.19. The Kier molecular flexibility index (Phi) is 6.39. The molecule has 0 aromatic heterocycles. The molecule has 68 valence electrons. The molecule has 0 saturated heterocycles. The molecule has 0 aromatic rings. The van der Waals surface area contributed by atoms with Crippen LogP contribution in [0, 0.1) is 0 Å². The van der Waals surface area contributed by atoms with E-state index in [9.17, 15) is 0 Å². The Hall–Kier alpha value is -0.200. The van der Waals surface area contributed by atoms with Crippen LogP contribution in [0.1, 0.15) is 6.92 Å². The standard InChI is InChI=1S/C6H16N2O3/c1-5(2-7)10-3-6(9)4-11-8/h5-6,9H,2-4,7-8H2,1H3. The first-order valence-corrected chi connectivity index (χ1v) is 3.52. The van der Waals surface area contributed by atoms with Crippen molar-refractivity contribution in [3.63, 3.8) is 0 Å². The van der Waals surface area contributed by atoms with E-state index in [0.717, 1.165) is 0 Å². The minimum absolute atomic E-state index is 0.0394. The highest BCUT2D eigenvalue weighted by Crippen LogP contribution is 1.90. The van der Waals surface area contributed by atoms with Gasteiger partial charge in [0.05, 0.1) is 19.3 Å². The van der Waals surface area contributed by atoms with Gasteiger partial charge in [0.1, 0.15) is 6.10 Å². The number of hydrogen-bond donors (Lipinski definition) is 3. The summed E-state index contributed by atoms with van der Waals surface area (Å²) in [7, 11) is 0. The van der Waals surface area contributed by atoms with Crippen LogP contribution in [0.5, 0.6) is 0 Å². The Labute approximate surface area is 66.2 Å². The number of aliphatic hydroxyl groups is 1. The van der Waals surface area contributed by atoms with Crippen molar-refractivity contribution in [2.24, 2.45) is 11.6 Å². The molecule has 5 heteroatoms. The fourth-order valence-corrected chi connectivity index (χ4v) is 0.503. The van der Waals surface area contributed by atoms with Crippen molar-refractivity contribution in [3.8, 4) is 0 Å². The summed E-state index contributed by atoms with van der Waals surface area (Å²) < 4.78 is 5.09. The van der Waals surface area contributed by atoms with E-state index in [4.69, 9.17) is 21.5 Å². The quantitative estimate of drug-likeness (QED) is 0.420. The molecule has 0 saturated carbocycles. The first-order valence-electron chi connectivity index (χ1n) is 3.52. The third-order valence-corrected chi connectivity index (χ3v) is 1.19. The lowest BCUT2D eigenvalue weighted by atomic mass is 10.4. The maximum absolute atomic E-state index is 9.02. The van der Waals surface area contributed by atoms with Gasteiger partial charge < -0.3 is 20.4 Å². The molecule has 0 aromatic carbocycles. The van der Waals surface area contributed by atoms with Crippen molar-refractivity contribution in [2.75, 3.05) is 19.8 Å². The molecule has 5 nitrogen and oxygen atoms in total. The Balaban J connectivity index is 3.22. The van der Waals surface area contributed by atoms with E-state index in [1.54, 1.807) is 0 Å². The minimum atomic E-state index is -0.672. The van der Waals surface area contributed by atoms with Crippen LogP contribution >= 0.6 is 0 Å². The molecule has 0 aliphatic rings. The summed E-state index contributed by atoms with van der Waals surface area (Å²) in [5, 5.41) is 9.02. The Morgan fingerprint density at radius 3 is 2.55 bits per heavy atom. The Morgan fingerprint density at radius 1 is 1.45 bits per heavy atom. The zero-order chi connectivity index (χ0) is 8.69. The van der Waals surface area contributed by atoms with Crippen molar-refractivity contribution in [2.45, 2.75) is 19.1 Å². The van der Waals surface area contributed by atoms with Crippen molar-refractivity contribution < 1.29 is 14.7 Å². The van der Waals surface area contributed by atoms with Crippen LogP contribution in [0.15, 0.2) is 0 Å². The molecule has 0 bridgehead atoms. The molecule has 0 aliphatic carbocycles. The summed E-state index contributed by atoms with van der Waals surface area (Å²) in [4.78, 5) is 4.21. The average molecular weight is 164 g/mol. The second kappa shape index (κ2) is 6.51. The van der Waals surface area contributed by atoms with E-state index < -0.39 is 6.10 Å². The molecule has 0 spiro atoms. The van der Waals surface area contributed by atoms with Gasteiger partial charge in [-0.3, -0.25) is 0 Å². The van der Waals surface area contributed by atoms with Crippen molar-refractivity contribution >= 4 is 0 Å². The van der Waals surface area contributed by atoms with Gasteiger partial charge in [-0.1, -0.05) is 0 Å². The van der Waals surface area contributed by atoms with Crippen LogP contribution in [0.2, 0.25) is 0 Å². The second-order valence-electron chi connectivity index (χ2n) is 2.37. The molecule has 0 rings (SSSR count). The third kappa shape index (κ3) is 6.21. The Bertz CT molecular complexity index is 91.9.